The second kappa shape index (κ2) is 7.52. The molecule has 1 saturated heterocycles. The highest BCUT2D eigenvalue weighted by atomic mass is 19.1. The Labute approximate surface area is 155 Å². The predicted molar refractivity (Wildman–Crippen MR) is 103 cm³/mol. The van der Waals surface area contributed by atoms with Crippen molar-refractivity contribution in [3.8, 4) is 0 Å². The van der Waals surface area contributed by atoms with Crippen molar-refractivity contribution >= 4 is 11.6 Å². The first-order chi connectivity index (χ1) is 12.5. The monoisotopic (exact) mass is 357 g/mol. The molecule has 0 saturated carbocycles. The maximum Gasteiger partial charge on any atom is 0.270 e. The summed E-state index contributed by atoms with van der Waals surface area (Å²) in [5.74, 6) is -0.105. The minimum Gasteiger partial charge on any atom is -0.366 e. The van der Waals surface area contributed by atoms with Crippen molar-refractivity contribution in [3.63, 3.8) is 0 Å². The van der Waals surface area contributed by atoms with Gasteiger partial charge in [-0.15, -0.1) is 0 Å². The number of rotatable bonds is 4. The number of hydrogen-bond acceptors (Lipinski definition) is 2. The van der Waals surface area contributed by atoms with Gasteiger partial charge in [-0.25, -0.2) is 4.39 Å². The molecule has 0 N–H and O–H groups in total. The molecule has 4 nitrogen and oxygen atoms in total. The molecule has 0 aliphatic carbocycles. The molecule has 0 spiro atoms. The minimum absolute atomic E-state index is 0.0975. The highest BCUT2D eigenvalue weighted by Gasteiger charge is 2.28. The van der Waals surface area contributed by atoms with Crippen molar-refractivity contribution < 1.29 is 9.18 Å². The SMILES string of the molecule is CCc1c(C)c(C(=O)N2CCN(c3ccccc3F)CC2)n(CC)c1C. The first kappa shape index (κ1) is 18.5. The molecule has 1 aliphatic rings. The number of hydrogen-bond donors (Lipinski definition) is 0. The molecule has 5 heteroatoms. The topological polar surface area (TPSA) is 28.5 Å². The summed E-state index contributed by atoms with van der Waals surface area (Å²) in [5.41, 5.74) is 5.02. The number of benzene rings is 1. The van der Waals surface area contributed by atoms with Gasteiger partial charge in [0, 0.05) is 38.4 Å². The van der Waals surface area contributed by atoms with E-state index >= 15 is 0 Å². The molecular formula is C21H28FN3O. The van der Waals surface area contributed by atoms with E-state index in [1.165, 1.54) is 17.3 Å². The molecule has 2 aromatic rings. The van der Waals surface area contributed by atoms with Crippen molar-refractivity contribution in [2.75, 3.05) is 31.1 Å². The Hall–Kier alpha value is -2.30. The molecule has 140 valence electrons. The Morgan fingerprint density at radius 1 is 1.08 bits per heavy atom. The van der Waals surface area contributed by atoms with Crippen LogP contribution in [0, 0.1) is 19.7 Å². The van der Waals surface area contributed by atoms with Crippen molar-refractivity contribution in [1.82, 2.24) is 9.47 Å². The maximum atomic E-state index is 14.0. The van der Waals surface area contributed by atoms with Crippen molar-refractivity contribution in [3.05, 3.63) is 52.6 Å². The van der Waals surface area contributed by atoms with Gasteiger partial charge in [-0.1, -0.05) is 19.1 Å². The molecule has 1 fully saturated rings. The molecule has 26 heavy (non-hydrogen) atoms. The van der Waals surface area contributed by atoms with Crippen LogP contribution in [0.25, 0.3) is 0 Å². The van der Waals surface area contributed by atoms with E-state index < -0.39 is 0 Å². The number of anilines is 1. The summed E-state index contributed by atoms with van der Waals surface area (Å²) in [6.45, 7) is 11.7. The minimum atomic E-state index is -0.203. The third-order valence-corrected chi connectivity index (χ3v) is 5.55. The summed E-state index contributed by atoms with van der Waals surface area (Å²) in [4.78, 5) is 17.1. The zero-order chi connectivity index (χ0) is 18.8. The van der Waals surface area contributed by atoms with Gasteiger partial charge < -0.3 is 14.4 Å². The van der Waals surface area contributed by atoms with Crippen LogP contribution in [-0.2, 0) is 13.0 Å². The van der Waals surface area contributed by atoms with E-state index in [-0.39, 0.29) is 11.7 Å². The van der Waals surface area contributed by atoms with Gasteiger partial charge in [-0.05, 0) is 50.5 Å². The molecule has 0 unspecified atom stereocenters. The summed E-state index contributed by atoms with van der Waals surface area (Å²) in [6.07, 6.45) is 0.937. The van der Waals surface area contributed by atoms with Crippen molar-refractivity contribution in [2.24, 2.45) is 0 Å². The Kier molecular flexibility index (Phi) is 5.35. The second-order valence-electron chi connectivity index (χ2n) is 6.87. The highest BCUT2D eigenvalue weighted by molar-refractivity contribution is 5.95. The van der Waals surface area contributed by atoms with E-state index in [2.05, 4.69) is 32.3 Å². The molecule has 3 rings (SSSR count). The van der Waals surface area contributed by atoms with Crippen LogP contribution in [0.3, 0.4) is 0 Å². The number of carbonyl (C=O) groups excluding carboxylic acids is 1. The van der Waals surface area contributed by atoms with Gasteiger partial charge in [0.15, 0.2) is 0 Å². The summed E-state index contributed by atoms with van der Waals surface area (Å²) >= 11 is 0. The number of para-hydroxylation sites is 1. The molecule has 0 bridgehead atoms. The van der Waals surface area contributed by atoms with E-state index in [1.807, 2.05) is 15.9 Å². The van der Waals surface area contributed by atoms with E-state index in [0.29, 0.717) is 31.9 Å². The van der Waals surface area contributed by atoms with Crippen LogP contribution in [0.5, 0.6) is 0 Å². The summed E-state index contributed by atoms with van der Waals surface area (Å²) in [6, 6.07) is 6.84. The van der Waals surface area contributed by atoms with Crippen LogP contribution < -0.4 is 4.90 Å². The zero-order valence-electron chi connectivity index (χ0n) is 16.2. The lowest BCUT2D eigenvalue weighted by atomic mass is 10.1. The lowest BCUT2D eigenvalue weighted by molar-refractivity contribution is 0.0734. The van der Waals surface area contributed by atoms with Gasteiger partial charge in [0.25, 0.3) is 5.91 Å². The van der Waals surface area contributed by atoms with Gasteiger partial charge >= 0.3 is 0 Å². The van der Waals surface area contributed by atoms with Crippen LogP contribution in [-0.4, -0.2) is 41.6 Å². The molecule has 0 atom stereocenters. The molecule has 1 aliphatic heterocycles. The smallest absolute Gasteiger partial charge is 0.270 e. The second-order valence-corrected chi connectivity index (χ2v) is 6.87. The number of nitrogens with zero attached hydrogens (tertiary/aromatic N) is 3. The number of piperazine rings is 1. The molecule has 1 aromatic carbocycles. The number of carbonyl (C=O) groups is 1. The fourth-order valence-electron chi connectivity index (χ4n) is 4.15. The van der Waals surface area contributed by atoms with Gasteiger partial charge in [0.05, 0.1) is 5.69 Å². The normalized spacial score (nSPS) is 14.8. The summed E-state index contributed by atoms with van der Waals surface area (Å²) in [5, 5.41) is 0. The van der Waals surface area contributed by atoms with Crippen molar-refractivity contribution in [1.29, 1.82) is 0 Å². The lowest BCUT2D eigenvalue weighted by Crippen LogP contribution is -2.49. The van der Waals surface area contributed by atoms with Gasteiger partial charge in [-0.2, -0.15) is 0 Å². The van der Waals surface area contributed by atoms with Crippen LogP contribution in [0.4, 0.5) is 10.1 Å². The molecule has 2 heterocycles. The van der Waals surface area contributed by atoms with Crippen LogP contribution >= 0.6 is 0 Å². The predicted octanol–water partition coefficient (Wildman–Crippen LogP) is 3.79. The maximum absolute atomic E-state index is 14.0. The first-order valence-corrected chi connectivity index (χ1v) is 9.46. The Balaban J connectivity index is 1.78. The van der Waals surface area contributed by atoms with Crippen molar-refractivity contribution in [2.45, 2.75) is 40.7 Å². The third kappa shape index (κ3) is 3.11. The molecule has 1 amide bonds. The van der Waals surface area contributed by atoms with E-state index in [4.69, 9.17) is 0 Å². The Morgan fingerprint density at radius 3 is 2.31 bits per heavy atom. The molecule has 1 aromatic heterocycles. The van der Waals surface area contributed by atoms with Gasteiger partial charge in [0.1, 0.15) is 11.5 Å². The average Bonchev–Trinajstić information content (AvgIpc) is 2.90. The van der Waals surface area contributed by atoms with Crippen LogP contribution in [0.15, 0.2) is 24.3 Å². The van der Waals surface area contributed by atoms with E-state index in [0.717, 1.165) is 24.2 Å². The Bertz CT molecular complexity index is 804. The van der Waals surface area contributed by atoms with E-state index in [1.54, 1.807) is 12.1 Å². The van der Waals surface area contributed by atoms with E-state index in [9.17, 15) is 9.18 Å². The number of halogens is 1. The number of aromatic nitrogens is 1. The zero-order valence-corrected chi connectivity index (χ0v) is 16.2. The lowest BCUT2D eigenvalue weighted by Gasteiger charge is -2.36. The number of amides is 1. The third-order valence-electron chi connectivity index (χ3n) is 5.55. The quantitative estimate of drug-likeness (QED) is 0.833. The van der Waals surface area contributed by atoms with Gasteiger partial charge in [0.2, 0.25) is 0 Å². The average molecular weight is 357 g/mol. The molecule has 0 radical (unpaired) electrons. The standard InChI is InChI=1S/C21H28FN3O/c1-5-17-15(3)20(25(6-2)16(17)4)21(26)24-13-11-23(12-14-24)19-10-8-7-9-18(19)22/h7-10H,5-6,11-14H2,1-4H3. The highest BCUT2D eigenvalue weighted by Crippen LogP contribution is 2.25. The Morgan fingerprint density at radius 2 is 1.73 bits per heavy atom. The van der Waals surface area contributed by atoms with Crippen LogP contribution in [0.2, 0.25) is 0 Å². The van der Waals surface area contributed by atoms with Gasteiger partial charge in [-0.3, -0.25) is 4.79 Å². The largest absolute Gasteiger partial charge is 0.366 e. The first-order valence-electron chi connectivity index (χ1n) is 9.46. The fourth-order valence-corrected chi connectivity index (χ4v) is 4.15. The van der Waals surface area contributed by atoms with Crippen LogP contribution in [0.1, 0.15) is 41.2 Å². The molecular weight excluding hydrogens is 329 g/mol. The fraction of sp³-hybridized carbons (Fsp3) is 0.476. The summed E-state index contributed by atoms with van der Waals surface area (Å²) < 4.78 is 16.1. The summed E-state index contributed by atoms with van der Waals surface area (Å²) in [7, 11) is 0.